The van der Waals surface area contributed by atoms with Crippen molar-refractivity contribution in [2.75, 3.05) is 0 Å². The van der Waals surface area contributed by atoms with Crippen LogP contribution in [0.5, 0.6) is 0 Å². The lowest BCUT2D eigenvalue weighted by Crippen LogP contribution is -2.13. The molecule has 0 saturated heterocycles. The van der Waals surface area contributed by atoms with Gasteiger partial charge in [0.15, 0.2) is 0 Å². The van der Waals surface area contributed by atoms with E-state index in [1.807, 2.05) is 31.2 Å². The molecule has 14 heavy (non-hydrogen) atoms. The summed E-state index contributed by atoms with van der Waals surface area (Å²) < 4.78 is 0. The molecule has 2 rings (SSSR count). The molecule has 0 spiro atoms. The molecule has 0 aliphatic rings. The van der Waals surface area contributed by atoms with Gasteiger partial charge in [-0.05, 0) is 23.9 Å². The molecule has 0 saturated carbocycles. The van der Waals surface area contributed by atoms with Gasteiger partial charge in [0.1, 0.15) is 11.5 Å². The smallest absolute Gasteiger partial charge is 0.142 e. The predicted molar refractivity (Wildman–Crippen MR) is 57.5 cm³/mol. The van der Waals surface area contributed by atoms with Crippen LogP contribution in [0.25, 0.3) is 10.8 Å². The Hall–Kier alpha value is -1.90. The van der Waals surface area contributed by atoms with Crippen molar-refractivity contribution >= 4 is 16.6 Å². The SMILES string of the molecule is Cc1cccc2ccnc(C(=N)N)c12. The molecule has 0 unspecified atom stereocenters. The van der Waals surface area contributed by atoms with Crippen molar-refractivity contribution in [1.82, 2.24) is 4.98 Å². The monoisotopic (exact) mass is 185 g/mol. The molecule has 1 aromatic carbocycles. The number of nitrogen functional groups attached to an aromatic ring is 1. The number of benzene rings is 1. The van der Waals surface area contributed by atoms with Gasteiger partial charge >= 0.3 is 0 Å². The lowest BCUT2D eigenvalue weighted by Gasteiger charge is -2.05. The van der Waals surface area contributed by atoms with Gasteiger partial charge in [0.05, 0.1) is 0 Å². The highest BCUT2D eigenvalue weighted by Gasteiger charge is 2.06. The molecule has 0 fully saturated rings. The summed E-state index contributed by atoms with van der Waals surface area (Å²) >= 11 is 0. The summed E-state index contributed by atoms with van der Waals surface area (Å²) in [4.78, 5) is 4.12. The van der Waals surface area contributed by atoms with Gasteiger partial charge in [0.2, 0.25) is 0 Å². The number of nitrogens with one attached hydrogen (secondary N) is 1. The molecule has 0 amide bonds. The van der Waals surface area contributed by atoms with E-state index >= 15 is 0 Å². The van der Waals surface area contributed by atoms with E-state index in [4.69, 9.17) is 11.1 Å². The van der Waals surface area contributed by atoms with Gasteiger partial charge in [-0.3, -0.25) is 10.4 Å². The minimum atomic E-state index is 0.0184. The van der Waals surface area contributed by atoms with Crippen molar-refractivity contribution in [3.63, 3.8) is 0 Å². The van der Waals surface area contributed by atoms with Crippen LogP contribution in [0.4, 0.5) is 0 Å². The number of aromatic nitrogens is 1. The Balaban J connectivity index is 2.91. The van der Waals surface area contributed by atoms with Crippen LogP contribution in [0, 0.1) is 12.3 Å². The number of amidine groups is 1. The Morgan fingerprint density at radius 2 is 2.14 bits per heavy atom. The van der Waals surface area contributed by atoms with E-state index in [-0.39, 0.29) is 5.84 Å². The largest absolute Gasteiger partial charge is 0.382 e. The zero-order chi connectivity index (χ0) is 10.1. The minimum absolute atomic E-state index is 0.0184. The van der Waals surface area contributed by atoms with Crippen LogP contribution in [0.3, 0.4) is 0 Å². The molecule has 1 heterocycles. The third kappa shape index (κ3) is 1.23. The summed E-state index contributed by atoms with van der Waals surface area (Å²) in [5.41, 5.74) is 7.14. The van der Waals surface area contributed by atoms with Crippen molar-refractivity contribution in [2.24, 2.45) is 5.73 Å². The van der Waals surface area contributed by atoms with Gasteiger partial charge in [-0.1, -0.05) is 18.2 Å². The summed E-state index contributed by atoms with van der Waals surface area (Å²) in [5.74, 6) is 0.0184. The number of hydrogen-bond donors (Lipinski definition) is 2. The van der Waals surface area contributed by atoms with Gasteiger partial charge in [0, 0.05) is 11.6 Å². The summed E-state index contributed by atoms with van der Waals surface area (Å²) in [5, 5.41) is 9.48. The fourth-order valence-electron chi connectivity index (χ4n) is 1.61. The average molecular weight is 185 g/mol. The fourth-order valence-corrected chi connectivity index (χ4v) is 1.61. The molecule has 0 bridgehead atoms. The number of hydrogen-bond acceptors (Lipinski definition) is 2. The molecule has 0 radical (unpaired) electrons. The number of aryl methyl sites for hydroxylation is 1. The van der Waals surface area contributed by atoms with Crippen LogP contribution < -0.4 is 5.73 Å². The first-order valence-electron chi connectivity index (χ1n) is 4.39. The van der Waals surface area contributed by atoms with Crippen LogP contribution in [-0.2, 0) is 0 Å². The standard InChI is InChI=1S/C11H11N3/c1-7-3-2-4-8-5-6-14-10(9(7)8)11(12)13/h2-6H,1H3,(H3,12,13). The maximum absolute atomic E-state index is 7.43. The first-order valence-corrected chi connectivity index (χ1v) is 4.39. The van der Waals surface area contributed by atoms with Crippen LogP contribution in [-0.4, -0.2) is 10.8 Å². The molecule has 3 N–H and O–H groups in total. The lowest BCUT2D eigenvalue weighted by atomic mass is 10.0. The molecule has 0 atom stereocenters. The Bertz CT molecular complexity index is 498. The van der Waals surface area contributed by atoms with E-state index in [1.165, 1.54) is 0 Å². The van der Waals surface area contributed by atoms with Gasteiger partial charge in [-0.2, -0.15) is 0 Å². The molecule has 3 heteroatoms. The molecule has 2 aromatic rings. The van der Waals surface area contributed by atoms with E-state index < -0.39 is 0 Å². The van der Waals surface area contributed by atoms with Crippen LogP contribution in [0.15, 0.2) is 30.5 Å². The zero-order valence-electron chi connectivity index (χ0n) is 7.91. The van der Waals surface area contributed by atoms with Crippen molar-refractivity contribution in [3.8, 4) is 0 Å². The predicted octanol–water partition coefficient (Wildman–Crippen LogP) is 1.83. The van der Waals surface area contributed by atoms with Gasteiger partial charge in [-0.15, -0.1) is 0 Å². The van der Waals surface area contributed by atoms with Gasteiger partial charge in [0.25, 0.3) is 0 Å². The van der Waals surface area contributed by atoms with Crippen molar-refractivity contribution in [1.29, 1.82) is 5.41 Å². The second-order valence-corrected chi connectivity index (χ2v) is 3.25. The van der Waals surface area contributed by atoms with Crippen LogP contribution >= 0.6 is 0 Å². The quantitative estimate of drug-likeness (QED) is 0.526. The maximum Gasteiger partial charge on any atom is 0.142 e. The van der Waals surface area contributed by atoms with Gasteiger partial charge < -0.3 is 5.73 Å². The van der Waals surface area contributed by atoms with E-state index in [0.717, 1.165) is 16.3 Å². The lowest BCUT2D eigenvalue weighted by molar-refractivity contribution is 1.28. The number of nitrogens with two attached hydrogens (primary N) is 1. The first kappa shape index (κ1) is 8.69. The van der Waals surface area contributed by atoms with Crippen molar-refractivity contribution in [2.45, 2.75) is 6.92 Å². The van der Waals surface area contributed by atoms with E-state index in [0.29, 0.717) is 5.69 Å². The third-order valence-corrected chi connectivity index (χ3v) is 2.25. The van der Waals surface area contributed by atoms with E-state index in [9.17, 15) is 0 Å². The molecule has 0 aliphatic heterocycles. The topological polar surface area (TPSA) is 62.8 Å². The second-order valence-electron chi connectivity index (χ2n) is 3.25. The number of pyridine rings is 1. The van der Waals surface area contributed by atoms with Gasteiger partial charge in [-0.25, -0.2) is 0 Å². The van der Waals surface area contributed by atoms with Crippen molar-refractivity contribution in [3.05, 3.63) is 41.7 Å². The molecule has 0 aliphatic carbocycles. The third-order valence-electron chi connectivity index (χ3n) is 2.25. The Labute approximate surface area is 82.1 Å². The minimum Gasteiger partial charge on any atom is -0.382 e. The Morgan fingerprint density at radius 1 is 1.36 bits per heavy atom. The Morgan fingerprint density at radius 3 is 2.86 bits per heavy atom. The van der Waals surface area contributed by atoms with E-state index in [1.54, 1.807) is 6.20 Å². The fraction of sp³-hybridized carbons (Fsp3) is 0.0909. The number of rotatable bonds is 1. The second kappa shape index (κ2) is 3.10. The summed E-state index contributed by atoms with van der Waals surface area (Å²) in [6.45, 7) is 2.00. The van der Waals surface area contributed by atoms with Crippen LogP contribution in [0.1, 0.15) is 11.3 Å². The molecular formula is C11H11N3. The molecule has 70 valence electrons. The highest BCUT2D eigenvalue weighted by atomic mass is 14.8. The summed E-state index contributed by atoms with van der Waals surface area (Å²) in [7, 11) is 0. The highest BCUT2D eigenvalue weighted by molar-refractivity contribution is 6.06. The molecule has 3 nitrogen and oxygen atoms in total. The zero-order valence-corrected chi connectivity index (χ0v) is 7.91. The normalized spacial score (nSPS) is 10.4. The summed E-state index contributed by atoms with van der Waals surface area (Å²) in [6, 6.07) is 7.91. The average Bonchev–Trinajstić information content (AvgIpc) is 2.17. The summed E-state index contributed by atoms with van der Waals surface area (Å²) in [6.07, 6.45) is 1.68. The van der Waals surface area contributed by atoms with Crippen molar-refractivity contribution < 1.29 is 0 Å². The van der Waals surface area contributed by atoms with Crippen LogP contribution in [0.2, 0.25) is 0 Å². The maximum atomic E-state index is 7.43. The van der Waals surface area contributed by atoms with E-state index in [2.05, 4.69) is 4.98 Å². The molecule has 1 aromatic heterocycles. The Kier molecular flexibility index (Phi) is 1.93. The number of nitrogens with zero attached hydrogens (tertiary/aromatic N) is 1. The highest BCUT2D eigenvalue weighted by Crippen LogP contribution is 2.20. The number of fused-ring (bicyclic) bond motifs is 1. The first-order chi connectivity index (χ1) is 6.70. The molecular weight excluding hydrogens is 174 g/mol.